The molecule has 4 aromatic carbocycles. The lowest BCUT2D eigenvalue weighted by atomic mass is 9.95. The number of hydrogen-bond donors (Lipinski definition) is 1. The van der Waals surface area contributed by atoms with Gasteiger partial charge in [-0.05, 0) is 50.4 Å². The summed E-state index contributed by atoms with van der Waals surface area (Å²) in [5.74, 6) is 0. The minimum atomic E-state index is 0.584. The Morgan fingerprint density at radius 2 is 1.32 bits per heavy atom. The molecule has 0 fully saturated rings. The summed E-state index contributed by atoms with van der Waals surface area (Å²) in [5.41, 5.74) is 9.36. The van der Waals surface area contributed by atoms with E-state index in [4.69, 9.17) is 5.73 Å². The molecule has 22 heavy (non-hydrogen) atoms. The highest BCUT2D eigenvalue weighted by molar-refractivity contribution is 6.04. The minimum absolute atomic E-state index is 0.584. The van der Waals surface area contributed by atoms with Crippen LogP contribution in [-0.2, 0) is 6.54 Å². The van der Waals surface area contributed by atoms with Crippen molar-refractivity contribution in [3.63, 3.8) is 0 Å². The predicted molar refractivity (Wildman–Crippen MR) is 94.8 cm³/mol. The van der Waals surface area contributed by atoms with Gasteiger partial charge in [-0.15, -0.1) is 0 Å². The molecular weight excluding hydrogens is 266 g/mol. The minimum Gasteiger partial charge on any atom is -0.326 e. The first-order valence-corrected chi connectivity index (χ1v) is 7.56. The highest BCUT2D eigenvalue weighted by Crippen LogP contribution is 2.31. The van der Waals surface area contributed by atoms with Gasteiger partial charge in [0.25, 0.3) is 0 Å². The Bertz CT molecular complexity index is 952. The molecule has 0 aromatic heterocycles. The lowest BCUT2D eigenvalue weighted by Gasteiger charge is -2.09. The van der Waals surface area contributed by atoms with E-state index in [0.29, 0.717) is 6.54 Å². The molecule has 0 saturated carbocycles. The van der Waals surface area contributed by atoms with Crippen LogP contribution in [0.1, 0.15) is 5.56 Å². The fourth-order valence-electron chi connectivity index (χ4n) is 3.04. The van der Waals surface area contributed by atoms with Crippen LogP contribution in [0.15, 0.2) is 78.9 Å². The molecule has 0 heterocycles. The van der Waals surface area contributed by atoms with Crippen molar-refractivity contribution in [1.29, 1.82) is 0 Å². The summed E-state index contributed by atoms with van der Waals surface area (Å²) < 4.78 is 0. The molecule has 106 valence electrons. The Morgan fingerprint density at radius 3 is 2.05 bits per heavy atom. The van der Waals surface area contributed by atoms with Crippen molar-refractivity contribution < 1.29 is 0 Å². The molecule has 1 nitrogen and oxygen atoms in total. The second-order valence-electron chi connectivity index (χ2n) is 5.63. The fourth-order valence-corrected chi connectivity index (χ4v) is 3.04. The Hall–Kier alpha value is -2.64. The smallest absolute Gasteiger partial charge is 0.0178 e. The number of fused-ring (bicyclic) bond motifs is 2. The second kappa shape index (κ2) is 5.28. The molecule has 0 unspecified atom stereocenters. The van der Waals surface area contributed by atoms with Crippen LogP contribution in [0.4, 0.5) is 0 Å². The maximum atomic E-state index is 5.69. The third-order valence-corrected chi connectivity index (χ3v) is 4.25. The fraction of sp³-hybridized carbons (Fsp3) is 0.0476. The summed E-state index contributed by atoms with van der Waals surface area (Å²) >= 11 is 0. The van der Waals surface area contributed by atoms with Gasteiger partial charge in [-0.25, -0.2) is 0 Å². The molecule has 0 atom stereocenters. The molecule has 0 bridgehead atoms. The maximum absolute atomic E-state index is 5.69. The first kappa shape index (κ1) is 13.1. The average molecular weight is 283 g/mol. The van der Waals surface area contributed by atoms with Crippen molar-refractivity contribution in [2.75, 3.05) is 0 Å². The molecule has 1 heteroatoms. The number of nitrogens with two attached hydrogens (primary N) is 1. The van der Waals surface area contributed by atoms with Crippen molar-refractivity contribution in [3.05, 3.63) is 84.4 Å². The summed E-state index contributed by atoms with van der Waals surface area (Å²) in [4.78, 5) is 0. The quantitative estimate of drug-likeness (QED) is 0.508. The molecule has 4 aromatic rings. The van der Waals surface area contributed by atoms with Crippen molar-refractivity contribution in [1.82, 2.24) is 0 Å². The molecular formula is C21H17N. The number of benzene rings is 4. The van der Waals surface area contributed by atoms with E-state index < -0.39 is 0 Å². The summed E-state index contributed by atoms with van der Waals surface area (Å²) in [6.45, 7) is 0.584. The van der Waals surface area contributed by atoms with Gasteiger partial charge in [0, 0.05) is 6.54 Å². The topological polar surface area (TPSA) is 26.0 Å². The van der Waals surface area contributed by atoms with Gasteiger partial charge < -0.3 is 5.73 Å². The summed E-state index contributed by atoms with van der Waals surface area (Å²) in [6, 6.07) is 28.1. The van der Waals surface area contributed by atoms with Gasteiger partial charge in [0.15, 0.2) is 0 Å². The summed E-state index contributed by atoms with van der Waals surface area (Å²) in [5, 5.41) is 5.13. The first-order chi connectivity index (χ1) is 10.8. The zero-order valence-corrected chi connectivity index (χ0v) is 12.3. The molecule has 0 saturated heterocycles. The van der Waals surface area contributed by atoms with Crippen LogP contribution in [-0.4, -0.2) is 0 Å². The second-order valence-corrected chi connectivity index (χ2v) is 5.63. The van der Waals surface area contributed by atoms with Crippen LogP contribution in [0.3, 0.4) is 0 Å². The van der Waals surface area contributed by atoms with Gasteiger partial charge in [-0.3, -0.25) is 0 Å². The van der Waals surface area contributed by atoms with Crippen molar-refractivity contribution in [2.24, 2.45) is 5.73 Å². The molecule has 0 radical (unpaired) electrons. The van der Waals surface area contributed by atoms with Crippen LogP contribution in [0.5, 0.6) is 0 Å². The molecule has 2 N–H and O–H groups in total. The molecule has 0 aliphatic carbocycles. The molecule has 0 aliphatic rings. The zero-order valence-electron chi connectivity index (χ0n) is 12.3. The van der Waals surface area contributed by atoms with Gasteiger partial charge in [0.2, 0.25) is 0 Å². The highest BCUT2D eigenvalue weighted by Gasteiger charge is 2.05. The van der Waals surface area contributed by atoms with Crippen LogP contribution < -0.4 is 5.73 Å². The largest absolute Gasteiger partial charge is 0.326 e. The monoisotopic (exact) mass is 283 g/mol. The lowest BCUT2D eigenvalue weighted by molar-refractivity contribution is 1.07. The normalized spacial score (nSPS) is 11.1. The molecule has 0 aliphatic heterocycles. The summed E-state index contributed by atoms with van der Waals surface area (Å²) in [6.07, 6.45) is 0. The van der Waals surface area contributed by atoms with E-state index in [0.717, 1.165) is 5.56 Å². The van der Waals surface area contributed by atoms with Crippen LogP contribution >= 0.6 is 0 Å². The van der Waals surface area contributed by atoms with Gasteiger partial charge in [0.1, 0.15) is 0 Å². The predicted octanol–water partition coefficient (Wildman–Crippen LogP) is 5.12. The van der Waals surface area contributed by atoms with Crippen molar-refractivity contribution >= 4 is 21.5 Å². The van der Waals surface area contributed by atoms with E-state index in [-0.39, 0.29) is 0 Å². The molecule has 0 amide bonds. The van der Waals surface area contributed by atoms with E-state index in [9.17, 15) is 0 Å². The third kappa shape index (κ3) is 2.16. The van der Waals surface area contributed by atoms with Crippen molar-refractivity contribution in [2.45, 2.75) is 6.54 Å². The Morgan fingerprint density at radius 1 is 0.636 bits per heavy atom. The standard InChI is InChI=1S/C21H17N/c22-14-15-8-10-16(11-9-15)20-7-3-6-19-12-17-4-1-2-5-18(17)13-21(19)20/h1-13H,14,22H2. The Kier molecular flexibility index (Phi) is 3.14. The van der Waals surface area contributed by atoms with E-state index in [1.54, 1.807) is 0 Å². The van der Waals surface area contributed by atoms with E-state index >= 15 is 0 Å². The molecule has 0 spiro atoms. The van der Waals surface area contributed by atoms with E-state index in [1.807, 2.05) is 0 Å². The van der Waals surface area contributed by atoms with Crippen LogP contribution in [0.25, 0.3) is 32.7 Å². The third-order valence-electron chi connectivity index (χ3n) is 4.25. The van der Waals surface area contributed by atoms with Crippen molar-refractivity contribution in [3.8, 4) is 11.1 Å². The van der Waals surface area contributed by atoms with Gasteiger partial charge in [0.05, 0.1) is 0 Å². The average Bonchev–Trinajstić information content (AvgIpc) is 2.59. The van der Waals surface area contributed by atoms with E-state index in [2.05, 4.69) is 78.9 Å². The number of hydrogen-bond acceptors (Lipinski definition) is 1. The van der Waals surface area contributed by atoms with Gasteiger partial charge >= 0.3 is 0 Å². The maximum Gasteiger partial charge on any atom is 0.0178 e. The van der Waals surface area contributed by atoms with Gasteiger partial charge in [-0.1, -0.05) is 66.7 Å². The van der Waals surface area contributed by atoms with Crippen LogP contribution in [0.2, 0.25) is 0 Å². The zero-order chi connectivity index (χ0) is 14.9. The number of rotatable bonds is 2. The van der Waals surface area contributed by atoms with E-state index in [1.165, 1.54) is 32.7 Å². The van der Waals surface area contributed by atoms with Crippen LogP contribution in [0, 0.1) is 0 Å². The molecule has 4 rings (SSSR count). The SMILES string of the molecule is NCc1ccc(-c2cccc3cc4ccccc4cc23)cc1. The lowest BCUT2D eigenvalue weighted by Crippen LogP contribution is -1.95. The summed E-state index contributed by atoms with van der Waals surface area (Å²) in [7, 11) is 0. The Labute approximate surface area is 130 Å². The van der Waals surface area contributed by atoms with Gasteiger partial charge in [-0.2, -0.15) is 0 Å². The first-order valence-electron chi connectivity index (χ1n) is 7.56. The highest BCUT2D eigenvalue weighted by atomic mass is 14.5. The Balaban J connectivity index is 1.98.